The third kappa shape index (κ3) is 9.02. The molecule has 46 heavy (non-hydrogen) atoms. The van der Waals surface area contributed by atoms with Gasteiger partial charge in [0.2, 0.25) is 11.8 Å². The molecule has 2 aliphatic heterocycles. The molecule has 0 aliphatic carbocycles. The van der Waals surface area contributed by atoms with E-state index in [-0.39, 0.29) is 24.7 Å². The number of carbonyl (C=O) groups excluding carboxylic acids is 2. The Morgan fingerprint density at radius 3 is 1.39 bits per heavy atom. The molecule has 0 radical (unpaired) electrons. The van der Waals surface area contributed by atoms with Crippen molar-refractivity contribution in [2.45, 2.75) is 84.0 Å². The molecule has 2 aromatic rings. The first-order valence-corrected chi connectivity index (χ1v) is 20.4. The van der Waals surface area contributed by atoms with Gasteiger partial charge in [-0.1, -0.05) is 49.9 Å². The van der Waals surface area contributed by atoms with Gasteiger partial charge in [-0.2, -0.15) is 0 Å². The summed E-state index contributed by atoms with van der Waals surface area (Å²) in [6, 6.07) is 12.5. The van der Waals surface area contributed by atoms with Crippen LogP contribution in [-0.4, -0.2) is 88.3 Å². The molecule has 2 aliphatic rings. The summed E-state index contributed by atoms with van der Waals surface area (Å²) in [5, 5.41) is 18.6. The quantitative estimate of drug-likeness (QED) is 0.241. The van der Waals surface area contributed by atoms with Gasteiger partial charge in [0.25, 0.3) is 0 Å². The fraction of sp³-hybridized carbons (Fsp3) is 0.500. The number of carboxylic acids is 2. The first-order chi connectivity index (χ1) is 22.0. The zero-order valence-electron chi connectivity index (χ0n) is 25.9. The molecule has 2 saturated heterocycles. The van der Waals surface area contributed by atoms with Crippen molar-refractivity contribution in [2.24, 2.45) is 0 Å². The predicted molar refractivity (Wildman–Crippen MR) is 181 cm³/mol. The second-order valence-corrected chi connectivity index (χ2v) is 16.3. The summed E-state index contributed by atoms with van der Waals surface area (Å²) in [6.45, 7) is 0. The number of hydrogen-bond acceptors (Lipinski definition) is 8. The Morgan fingerprint density at radius 2 is 1.04 bits per heavy atom. The lowest BCUT2D eigenvalue weighted by atomic mass is 10.1. The van der Waals surface area contributed by atoms with Crippen molar-refractivity contribution in [1.82, 2.24) is 9.80 Å². The Labute approximate surface area is 283 Å². The van der Waals surface area contributed by atoms with Gasteiger partial charge in [-0.25, -0.2) is 9.59 Å². The highest BCUT2D eigenvalue weighted by molar-refractivity contribution is 8.00. The molecule has 6 atom stereocenters. The maximum atomic E-state index is 13.2. The number of amides is 2. The van der Waals surface area contributed by atoms with Crippen LogP contribution in [0.1, 0.15) is 73.2 Å². The summed E-state index contributed by atoms with van der Waals surface area (Å²) < 4.78 is 24.0. The number of carboxylic acid groups (broad SMARTS) is 2. The van der Waals surface area contributed by atoms with E-state index in [1.165, 1.54) is 33.3 Å². The van der Waals surface area contributed by atoms with Crippen LogP contribution in [0.3, 0.4) is 0 Å². The average Bonchev–Trinajstić information content (AvgIpc) is 3.68. The second-order valence-electron chi connectivity index (χ2n) is 11.4. The Bertz CT molecular complexity index is 1380. The summed E-state index contributed by atoms with van der Waals surface area (Å²) in [5.74, 6) is -1.91. The molecule has 2 amide bonds. The number of unbranched alkanes of at least 4 members (excludes halogenated alkanes) is 5. The Hall–Kier alpha value is -2.68. The van der Waals surface area contributed by atoms with Crippen molar-refractivity contribution in [3.8, 4) is 0 Å². The molecule has 10 nitrogen and oxygen atoms in total. The van der Waals surface area contributed by atoms with Crippen LogP contribution >= 0.6 is 23.5 Å². The molecule has 0 aromatic heterocycles. The summed E-state index contributed by atoms with van der Waals surface area (Å²) in [7, 11) is -2.38. The van der Waals surface area contributed by atoms with Gasteiger partial charge in [-0.3, -0.25) is 18.0 Å². The van der Waals surface area contributed by atoms with Gasteiger partial charge < -0.3 is 20.0 Å². The van der Waals surface area contributed by atoms with Crippen LogP contribution in [0, 0.1) is 0 Å². The highest BCUT2D eigenvalue weighted by Gasteiger charge is 2.43. The van der Waals surface area contributed by atoms with E-state index in [1.54, 1.807) is 48.9 Å². The molecule has 0 bridgehead atoms. The summed E-state index contributed by atoms with van der Waals surface area (Å²) in [5.41, 5.74) is 1.53. The van der Waals surface area contributed by atoms with Crippen molar-refractivity contribution in [1.29, 1.82) is 0 Å². The molecule has 2 heterocycles. The Kier molecular flexibility index (Phi) is 13.3. The number of hydrogen-bond donors (Lipinski definition) is 2. The van der Waals surface area contributed by atoms with E-state index in [0.29, 0.717) is 34.1 Å². The van der Waals surface area contributed by atoms with Crippen LogP contribution in [0.2, 0.25) is 0 Å². The maximum absolute atomic E-state index is 13.2. The van der Waals surface area contributed by atoms with Crippen LogP contribution < -0.4 is 0 Å². The molecule has 2 N–H and O–H groups in total. The Morgan fingerprint density at radius 1 is 0.674 bits per heavy atom. The minimum absolute atomic E-state index is 0.210. The highest BCUT2D eigenvalue weighted by atomic mass is 32.2. The van der Waals surface area contributed by atoms with E-state index < -0.39 is 56.4 Å². The van der Waals surface area contributed by atoms with E-state index in [2.05, 4.69) is 0 Å². The number of benzene rings is 2. The lowest BCUT2D eigenvalue weighted by Crippen LogP contribution is -2.42. The third-order valence-electron chi connectivity index (χ3n) is 8.13. The zero-order valence-corrected chi connectivity index (χ0v) is 29.1. The van der Waals surface area contributed by atoms with Crippen molar-refractivity contribution in [2.75, 3.05) is 24.0 Å². The van der Waals surface area contributed by atoms with Crippen molar-refractivity contribution in [3.63, 3.8) is 0 Å². The number of thioether (sulfide) groups is 2. The topological polar surface area (TPSA) is 149 Å². The van der Waals surface area contributed by atoms with Gasteiger partial charge in [0.1, 0.15) is 22.8 Å². The largest absolute Gasteiger partial charge is 0.480 e. The molecule has 2 fully saturated rings. The van der Waals surface area contributed by atoms with Gasteiger partial charge in [0.15, 0.2) is 0 Å². The minimum Gasteiger partial charge on any atom is -0.480 e. The standard InChI is InChI=1S/C32H40N2O8S4/c1-45(41)23-13-9-11-21(17-23)29-33(25(19-43-29)31(37)38)27(35)15-7-5-3-4-6-8-16-28(36)34-26(32(39)40)20-44-30(34)22-12-10-14-24(18-22)46(2)42/h9-14,17-18,25-26,29-30H,3-8,15-16,19-20H2,1-2H3,(H,37,38)(H,39,40)/t25-,26-,29?,30?,45?,46?/m0/s1. The lowest BCUT2D eigenvalue weighted by Gasteiger charge is -2.28. The molecule has 14 heteroatoms. The van der Waals surface area contributed by atoms with Crippen molar-refractivity contribution >= 4 is 68.9 Å². The SMILES string of the molecule is CS(=O)c1cccc(C2SC[C@@H](C(=O)O)N2C(=O)CCCCCCCCC(=O)N2C(c3cccc(S(C)=O)c3)SC[C@H]2C(=O)O)c1. The zero-order chi connectivity index (χ0) is 33.4. The summed E-state index contributed by atoms with van der Waals surface area (Å²) in [4.78, 5) is 54.5. The van der Waals surface area contributed by atoms with E-state index in [4.69, 9.17) is 0 Å². The van der Waals surface area contributed by atoms with Gasteiger partial charge in [0.05, 0.1) is 0 Å². The van der Waals surface area contributed by atoms with E-state index in [9.17, 15) is 37.8 Å². The highest BCUT2D eigenvalue weighted by Crippen LogP contribution is 2.43. The lowest BCUT2D eigenvalue weighted by molar-refractivity contribution is -0.149. The van der Waals surface area contributed by atoms with Crippen LogP contribution in [0.15, 0.2) is 58.3 Å². The van der Waals surface area contributed by atoms with Crippen LogP contribution in [0.4, 0.5) is 0 Å². The minimum atomic E-state index is -1.19. The number of nitrogens with zero attached hydrogens (tertiary/aromatic N) is 2. The number of aliphatic carboxylic acids is 2. The van der Waals surface area contributed by atoms with Crippen molar-refractivity contribution in [3.05, 3.63) is 59.7 Å². The van der Waals surface area contributed by atoms with Gasteiger partial charge in [0, 0.05) is 68.2 Å². The molecular weight excluding hydrogens is 669 g/mol. The molecular formula is C32H40N2O8S4. The molecule has 4 rings (SSSR count). The van der Waals surface area contributed by atoms with E-state index in [1.807, 2.05) is 12.1 Å². The van der Waals surface area contributed by atoms with E-state index in [0.717, 1.165) is 36.8 Å². The summed E-state index contributed by atoms with van der Waals surface area (Å²) in [6.07, 6.45) is 8.14. The van der Waals surface area contributed by atoms with Gasteiger partial charge >= 0.3 is 11.9 Å². The van der Waals surface area contributed by atoms with Gasteiger partial charge in [-0.15, -0.1) is 23.5 Å². The molecule has 0 saturated carbocycles. The molecule has 4 unspecified atom stereocenters. The summed E-state index contributed by atoms with van der Waals surface area (Å²) >= 11 is 2.81. The second kappa shape index (κ2) is 16.9. The Balaban J connectivity index is 1.23. The van der Waals surface area contributed by atoms with Crippen LogP contribution in [-0.2, 0) is 40.8 Å². The molecule has 0 spiro atoms. The van der Waals surface area contributed by atoms with E-state index >= 15 is 0 Å². The number of rotatable bonds is 15. The molecule has 2 aromatic carbocycles. The van der Waals surface area contributed by atoms with Crippen LogP contribution in [0.25, 0.3) is 0 Å². The number of carbonyl (C=O) groups is 4. The monoisotopic (exact) mass is 708 g/mol. The molecule has 250 valence electrons. The average molecular weight is 709 g/mol. The maximum Gasteiger partial charge on any atom is 0.327 e. The predicted octanol–water partition coefficient (Wildman–Crippen LogP) is 5.04. The fourth-order valence-electron chi connectivity index (χ4n) is 5.73. The first-order valence-electron chi connectivity index (χ1n) is 15.2. The smallest absolute Gasteiger partial charge is 0.327 e. The van der Waals surface area contributed by atoms with Crippen LogP contribution in [0.5, 0.6) is 0 Å². The van der Waals surface area contributed by atoms with Gasteiger partial charge in [-0.05, 0) is 48.2 Å². The third-order valence-corrected chi connectivity index (χ3v) is 12.6. The van der Waals surface area contributed by atoms with Crippen molar-refractivity contribution < 1.29 is 37.8 Å². The fourth-order valence-corrected chi connectivity index (χ4v) is 9.74. The first kappa shape index (κ1) is 36.2. The normalized spacial score (nSPS) is 22.5.